The minimum Gasteiger partial charge on any atom is -0.464 e. The summed E-state index contributed by atoms with van der Waals surface area (Å²) in [4.78, 5) is 41.4. The molecule has 0 unspecified atom stereocenters. The zero-order valence-electron chi connectivity index (χ0n) is 20.3. The van der Waals surface area contributed by atoms with E-state index in [9.17, 15) is 14.4 Å². The molecular weight excluding hydrogens is 432 g/mol. The van der Waals surface area contributed by atoms with Crippen molar-refractivity contribution in [2.45, 2.75) is 66.0 Å². The van der Waals surface area contributed by atoms with Crippen molar-refractivity contribution in [1.29, 1.82) is 0 Å². The van der Waals surface area contributed by atoms with Crippen LogP contribution in [0.5, 0.6) is 0 Å². The van der Waals surface area contributed by atoms with Crippen molar-refractivity contribution in [3.8, 4) is 0 Å². The molecule has 0 heterocycles. The zero-order valence-corrected chi connectivity index (χ0v) is 21.1. The van der Waals surface area contributed by atoms with Gasteiger partial charge in [-0.3, -0.25) is 4.79 Å². The fourth-order valence-electron chi connectivity index (χ4n) is 3.09. The summed E-state index contributed by atoms with van der Waals surface area (Å²) >= 11 is 6.25. The first-order valence-electron chi connectivity index (χ1n) is 11.0. The van der Waals surface area contributed by atoms with Gasteiger partial charge < -0.3 is 19.3 Å². The van der Waals surface area contributed by atoms with Crippen LogP contribution >= 0.6 is 11.6 Å². The van der Waals surface area contributed by atoms with Gasteiger partial charge in [0.2, 0.25) is 5.91 Å². The standard InChI is InChI=1S/C24H37ClN2O5/c1-8-31-22(29)20(15-17(2)3)27(14-13-26(7)23(30)32-24(4,5)6)21(28)16-18-11-9-10-12-19(18)25/h9-12,17,20H,8,13-16H2,1-7H3/t20-/m0/s1. The molecule has 32 heavy (non-hydrogen) atoms. The number of hydrogen-bond donors (Lipinski definition) is 0. The van der Waals surface area contributed by atoms with Gasteiger partial charge in [0.1, 0.15) is 11.6 Å². The molecule has 1 rings (SSSR count). The molecule has 180 valence electrons. The van der Waals surface area contributed by atoms with Crippen molar-refractivity contribution in [3.63, 3.8) is 0 Å². The van der Waals surface area contributed by atoms with Crippen molar-refractivity contribution in [2.75, 3.05) is 26.7 Å². The van der Waals surface area contributed by atoms with Crippen LogP contribution in [-0.2, 0) is 25.5 Å². The molecule has 0 spiro atoms. The number of ether oxygens (including phenoxy) is 2. The van der Waals surface area contributed by atoms with Crippen molar-refractivity contribution >= 4 is 29.6 Å². The van der Waals surface area contributed by atoms with Crippen LogP contribution in [0, 0.1) is 5.92 Å². The summed E-state index contributed by atoms with van der Waals surface area (Å²) in [6.07, 6.45) is 0.000115. The Morgan fingerprint density at radius 2 is 1.72 bits per heavy atom. The smallest absolute Gasteiger partial charge is 0.410 e. The number of carbonyl (C=O) groups excluding carboxylic acids is 3. The summed E-state index contributed by atoms with van der Waals surface area (Å²) in [5, 5.41) is 0.489. The van der Waals surface area contributed by atoms with E-state index < -0.39 is 23.7 Å². The van der Waals surface area contributed by atoms with E-state index >= 15 is 0 Å². The number of esters is 1. The molecule has 0 fully saturated rings. The Labute approximate surface area is 197 Å². The third-order valence-corrected chi connectivity index (χ3v) is 5.00. The quantitative estimate of drug-likeness (QED) is 0.470. The molecule has 0 N–H and O–H groups in total. The molecule has 0 bridgehead atoms. The summed E-state index contributed by atoms with van der Waals surface area (Å²) < 4.78 is 10.7. The van der Waals surface area contributed by atoms with Crippen LogP contribution in [0.3, 0.4) is 0 Å². The van der Waals surface area contributed by atoms with Crippen LogP contribution in [0.15, 0.2) is 24.3 Å². The molecule has 0 aliphatic heterocycles. The third kappa shape index (κ3) is 9.47. The molecule has 1 aromatic carbocycles. The van der Waals surface area contributed by atoms with E-state index in [1.54, 1.807) is 52.9 Å². The molecule has 0 saturated heterocycles. The number of nitrogens with zero attached hydrogens (tertiary/aromatic N) is 2. The van der Waals surface area contributed by atoms with Gasteiger partial charge in [0.15, 0.2) is 0 Å². The molecule has 0 aromatic heterocycles. The van der Waals surface area contributed by atoms with Crippen LogP contribution in [0.4, 0.5) is 4.79 Å². The van der Waals surface area contributed by atoms with Gasteiger partial charge in [-0.15, -0.1) is 0 Å². The third-order valence-electron chi connectivity index (χ3n) is 4.63. The number of halogens is 1. The Morgan fingerprint density at radius 3 is 2.25 bits per heavy atom. The normalized spacial score (nSPS) is 12.3. The number of likely N-dealkylation sites (N-methyl/N-ethyl adjacent to an activating group) is 1. The van der Waals surface area contributed by atoms with E-state index in [1.807, 2.05) is 19.9 Å². The van der Waals surface area contributed by atoms with E-state index in [2.05, 4.69) is 0 Å². The average Bonchev–Trinajstić information content (AvgIpc) is 2.67. The van der Waals surface area contributed by atoms with Crippen molar-refractivity contribution in [1.82, 2.24) is 9.80 Å². The van der Waals surface area contributed by atoms with Gasteiger partial charge in [-0.25, -0.2) is 9.59 Å². The van der Waals surface area contributed by atoms with Crippen LogP contribution < -0.4 is 0 Å². The highest BCUT2D eigenvalue weighted by atomic mass is 35.5. The Bertz CT molecular complexity index is 776. The highest BCUT2D eigenvalue weighted by Gasteiger charge is 2.32. The summed E-state index contributed by atoms with van der Waals surface area (Å²) in [5.74, 6) is -0.549. The highest BCUT2D eigenvalue weighted by molar-refractivity contribution is 6.31. The molecule has 0 saturated carbocycles. The maximum atomic E-state index is 13.3. The first-order chi connectivity index (χ1) is 14.9. The van der Waals surface area contributed by atoms with Crippen molar-refractivity contribution in [2.24, 2.45) is 5.92 Å². The maximum absolute atomic E-state index is 13.3. The van der Waals surface area contributed by atoms with Crippen molar-refractivity contribution < 1.29 is 23.9 Å². The maximum Gasteiger partial charge on any atom is 0.410 e. The average molecular weight is 469 g/mol. The van der Waals surface area contributed by atoms with Gasteiger partial charge in [0.05, 0.1) is 13.0 Å². The minimum absolute atomic E-state index is 0.0455. The topological polar surface area (TPSA) is 76.2 Å². The van der Waals surface area contributed by atoms with Gasteiger partial charge >= 0.3 is 12.1 Å². The van der Waals surface area contributed by atoms with Crippen LogP contribution in [-0.4, -0.2) is 66.2 Å². The number of amides is 2. The zero-order chi connectivity index (χ0) is 24.5. The fraction of sp³-hybridized carbons (Fsp3) is 0.625. The summed E-state index contributed by atoms with van der Waals surface area (Å²) in [6.45, 7) is 11.7. The predicted molar refractivity (Wildman–Crippen MR) is 126 cm³/mol. The number of benzene rings is 1. The first kappa shape index (κ1) is 27.8. The van der Waals surface area contributed by atoms with Gasteiger partial charge in [-0.1, -0.05) is 43.6 Å². The second-order valence-corrected chi connectivity index (χ2v) is 9.56. The van der Waals surface area contributed by atoms with Crippen LogP contribution in [0.25, 0.3) is 0 Å². The Hall–Kier alpha value is -2.28. The van der Waals surface area contributed by atoms with E-state index in [0.717, 1.165) is 0 Å². The van der Waals surface area contributed by atoms with Crippen LogP contribution in [0.1, 0.15) is 53.5 Å². The molecule has 1 atom stereocenters. The van der Waals surface area contributed by atoms with Crippen molar-refractivity contribution in [3.05, 3.63) is 34.9 Å². The Balaban J connectivity index is 3.12. The lowest BCUT2D eigenvalue weighted by molar-refractivity contribution is -0.155. The highest BCUT2D eigenvalue weighted by Crippen LogP contribution is 2.20. The summed E-state index contributed by atoms with van der Waals surface area (Å²) in [5.41, 5.74) is 0.0487. The van der Waals surface area contributed by atoms with Crippen LogP contribution in [0.2, 0.25) is 5.02 Å². The second-order valence-electron chi connectivity index (χ2n) is 9.15. The lowest BCUT2D eigenvalue weighted by Crippen LogP contribution is -2.50. The summed E-state index contributed by atoms with van der Waals surface area (Å²) in [7, 11) is 1.60. The molecule has 0 radical (unpaired) electrons. The Morgan fingerprint density at radius 1 is 1.09 bits per heavy atom. The molecule has 2 amide bonds. The number of rotatable bonds is 10. The number of hydrogen-bond acceptors (Lipinski definition) is 5. The second kappa shape index (κ2) is 12.7. The van der Waals surface area contributed by atoms with E-state index in [-0.39, 0.29) is 37.9 Å². The lowest BCUT2D eigenvalue weighted by Gasteiger charge is -2.33. The van der Waals surface area contributed by atoms with Gasteiger partial charge in [-0.05, 0) is 51.7 Å². The predicted octanol–water partition coefficient (Wildman–Crippen LogP) is 4.56. The summed E-state index contributed by atoms with van der Waals surface area (Å²) in [6, 6.07) is 6.36. The van der Waals surface area contributed by atoms with Gasteiger partial charge in [0.25, 0.3) is 0 Å². The molecule has 0 aliphatic carbocycles. The molecule has 8 heteroatoms. The molecule has 0 aliphatic rings. The molecule has 7 nitrogen and oxygen atoms in total. The molecular formula is C24H37ClN2O5. The fourth-order valence-corrected chi connectivity index (χ4v) is 3.29. The van der Waals surface area contributed by atoms with Gasteiger partial charge in [-0.2, -0.15) is 0 Å². The monoisotopic (exact) mass is 468 g/mol. The van der Waals surface area contributed by atoms with E-state index in [4.69, 9.17) is 21.1 Å². The number of carbonyl (C=O) groups is 3. The Kier molecular flexibility index (Phi) is 11.0. The SMILES string of the molecule is CCOC(=O)[C@H](CC(C)C)N(CCN(C)C(=O)OC(C)(C)C)C(=O)Cc1ccccc1Cl. The van der Waals surface area contributed by atoms with Gasteiger partial charge in [0, 0.05) is 25.2 Å². The molecule has 1 aromatic rings. The van der Waals surface area contributed by atoms with E-state index in [1.165, 1.54) is 9.80 Å². The largest absolute Gasteiger partial charge is 0.464 e. The lowest BCUT2D eigenvalue weighted by atomic mass is 10.0. The minimum atomic E-state index is -0.753. The van der Waals surface area contributed by atoms with E-state index in [0.29, 0.717) is 17.0 Å². The first-order valence-corrected chi connectivity index (χ1v) is 11.4.